The zero-order valence-corrected chi connectivity index (χ0v) is 72.2. The highest BCUT2D eigenvalue weighted by molar-refractivity contribution is 5.74. The summed E-state index contributed by atoms with van der Waals surface area (Å²) in [6.45, 7) is 12.0. The van der Waals surface area contributed by atoms with Crippen LogP contribution >= 0.6 is 0 Å². The predicted octanol–water partition coefficient (Wildman–Crippen LogP) is 16.8. The molecule has 1 amide bonds. The highest BCUT2D eigenvalue weighted by Gasteiger charge is 2.17. The zero-order chi connectivity index (χ0) is 85.9. The molecule has 0 aliphatic rings. The summed E-state index contributed by atoms with van der Waals surface area (Å²) >= 11 is 0. The van der Waals surface area contributed by atoms with Gasteiger partial charge in [-0.25, -0.2) is 4.79 Å². The number of alkyl carbamates (subject to hydrolysis) is 1. The van der Waals surface area contributed by atoms with Crippen molar-refractivity contribution in [3.05, 3.63) is 0 Å². The first-order valence-electron chi connectivity index (χ1n) is 44.7. The molecule has 0 spiro atoms. The minimum absolute atomic E-state index is 0.0814. The van der Waals surface area contributed by atoms with Crippen molar-refractivity contribution in [1.82, 2.24) is 5.32 Å². The molecular weight excluding hydrogens is 1520 g/mol. The number of esters is 13. The fraction of sp³-hybridized carbons (Fsp3) is 0.841. The Balaban J connectivity index is 3.54. The molecule has 0 aromatic carbocycles. The van der Waals surface area contributed by atoms with Crippen LogP contribution < -0.4 is 5.32 Å². The number of carbonyl (C=O) groups excluding carboxylic acids is 14. The van der Waals surface area contributed by atoms with Gasteiger partial charge in [0, 0.05) is 77.0 Å². The van der Waals surface area contributed by atoms with E-state index >= 15 is 0 Å². The van der Waals surface area contributed by atoms with E-state index < -0.39 is 6.09 Å². The van der Waals surface area contributed by atoms with E-state index in [1.807, 2.05) is 6.92 Å². The average molecular weight is 1670 g/mol. The minimum Gasteiger partial charge on any atom is -0.466 e. The Morgan fingerprint density at radius 1 is 0.214 bits per heavy atom. The standard InChI is InChI=1S/C88H151NO28/c1-5-8-45-74(7-3)72-117-86(101)57-32-19-43-69-114-84(99)55-30-17-41-67-112-82(97)53-28-15-39-65-110-80(95)51-26-13-37-63-108-78(93)49-24-11-35-61-106-76(91)47-22-9-33-59-104-75(90)46-21-10-34-60-105-77(92)48-23-12-36-62-107-79(94)50-25-14-38-64-109-81(96)52-27-16-40-66-111-83(98)54-29-18-42-68-113-85(100)56-31-20-44-70-116-88(103)89-58-71-115-87(102)73(4)6-2/h73-74H,5-72H2,1-4H3,(H,89,103). The van der Waals surface area contributed by atoms with Crippen LogP contribution in [-0.2, 0) is 129 Å². The van der Waals surface area contributed by atoms with E-state index in [0.717, 1.165) is 44.9 Å². The Morgan fingerprint density at radius 3 is 0.598 bits per heavy atom. The normalized spacial score (nSPS) is 11.4. The molecule has 0 aliphatic heterocycles. The van der Waals surface area contributed by atoms with Crippen molar-refractivity contribution in [2.75, 3.05) is 99.0 Å². The molecule has 0 saturated heterocycles. The Bertz CT molecular complexity index is 2610. The number of hydrogen-bond acceptors (Lipinski definition) is 28. The van der Waals surface area contributed by atoms with Gasteiger partial charge in [0.15, 0.2) is 0 Å². The molecule has 29 nitrogen and oxygen atoms in total. The lowest BCUT2D eigenvalue weighted by Crippen LogP contribution is -2.29. The monoisotopic (exact) mass is 1670 g/mol. The van der Waals surface area contributed by atoms with Crippen LogP contribution in [0, 0.1) is 11.8 Å². The van der Waals surface area contributed by atoms with Crippen molar-refractivity contribution < 1.29 is 133 Å². The zero-order valence-electron chi connectivity index (χ0n) is 72.2. The topological polar surface area (TPSA) is 380 Å². The van der Waals surface area contributed by atoms with Crippen molar-refractivity contribution in [3.8, 4) is 0 Å². The van der Waals surface area contributed by atoms with Gasteiger partial charge in [0.1, 0.15) is 6.61 Å². The van der Waals surface area contributed by atoms with Gasteiger partial charge in [-0.1, -0.05) is 47.0 Å². The van der Waals surface area contributed by atoms with E-state index in [2.05, 4.69) is 19.2 Å². The molecule has 2 atom stereocenters. The summed E-state index contributed by atoms with van der Waals surface area (Å²) in [4.78, 5) is 169. The molecule has 0 aromatic heterocycles. The second-order valence-corrected chi connectivity index (χ2v) is 29.8. The third kappa shape index (κ3) is 79.3. The van der Waals surface area contributed by atoms with Crippen LogP contribution in [0.5, 0.6) is 0 Å². The van der Waals surface area contributed by atoms with Gasteiger partial charge < -0.3 is 71.6 Å². The summed E-state index contributed by atoms with van der Waals surface area (Å²) in [5, 5.41) is 2.52. The second-order valence-electron chi connectivity index (χ2n) is 29.8. The summed E-state index contributed by atoms with van der Waals surface area (Å²) in [7, 11) is 0. The molecule has 0 aromatic rings. The predicted molar refractivity (Wildman–Crippen MR) is 436 cm³/mol. The minimum atomic E-state index is -0.588. The van der Waals surface area contributed by atoms with E-state index in [-0.39, 0.29) is 221 Å². The van der Waals surface area contributed by atoms with Crippen LogP contribution in [0.3, 0.4) is 0 Å². The third-order valence-electron chi connectivity index (χ3n) is 19.1. The first-order chi connectivity index (χ1) is 56.8. The van der Waals surface area contributed by atoms with Crippen LogP contribution in [0.4, 0.5) is 4.79 Å². The van der Waals surface area contributed by atoms with E-state index in [1.54, 1.807) is 6.92 Å². The highest BCUT2D eigenvalue weighted by atomic mass is 16.6. The van der Waals surface area contributed by atoms with Gasteiger partial charge >= 0.3 is 83.7 Å². The summed E-state index contributed by atoms with van der Waals surface area (Å²) < 4.78 is 73.9. The van der Waals surface area contributed by atoms with E-state index in [1.165, 1.54) is 0 Å². The summed E-state index contributed by atoms with van der Waals surface area (Å²) in [5.74, 6) is -3.32. The third-order valence-corrected chi connectivity index (χ3v) is 19.1. The van der Waals surface area contributed by atoms with Crippen molar-refractivity contribution in [2.45, 2.75) is 368 Å². The maximum absolute atomic E-state index is 12.2. The fourth-order valence-electron chi connectivity index (χ4n) is 11.4. The summed E-state index contributed by atoms with van der Waals surface area (Å²) in [6, 6.07) is 0. The van der Waals surface area contributed by atoms with Crippen molar-refractivity contribution in [1.29, 1.82) is 0 Å². The van der Waals surface area contributed by atoms with Gasteiger partial charge in [0.2, 0.25) is 0 Å². The molecule has 2 unspecified atom stereocenters. The Hall–Kier alpha value is -7.62. The maximum Gasteiger partial charge on any atom is 0.407 e. The number of carbonyl (C=O) groups is 14. The number of unbranched alkanes of at least 4 members (excludes halogenated alkanes) is 25. The van der Waals surface area contributed by atoms with Gasteiger partial charge in [-0.2, -0.15) is 0 Å². The molecule has 0 aliphatic carbocycles. The quantitative estimate of drug-likeness (QED) is 0.0336. The first-order valence-corrected chi connectivity index (χ1v) is 44.7. The van der Waals surface area contributed by atoms with Crippen molar-refractivity contribution >= 4 is 83.7 Å². The molecule has 0 bridgehead atoms. The van der Waals surface area contributed by atoms with Gasteiger partial charge in [0.25, 0.3) is 0 Å². The Morgan fingerprint density at radius 2 is 0.410 bits per heavy atom. The highest BCUT2D eigenvalue weighted by Crippen LogP contribution is 2.17. The average Bonchev–Trinajstić information content (AvgIpc) is 0.985. The van der Waals surface area contributed by atoms with E-state index in [9.17, 15) is 67.1 Å². The molecule has 676 valence electrons. The van der Waals surface area contributed by atoms with Crippen LogP contribution in [0.15, 0.2) is 0 Å². The van der Waals surface area contributed by atoms with Crippen LogP contribution in [0.25, 0.3) is 0 Å². The van der Waals surface area contributed by atoms with Gasteiger partial charge in [-0.05, 0) is 250 Å². The van der Waals surface area contributed by atoms with Crippen LogP contribution in [0.2, 0.25) is 0 Å². The van der Waals surface area contributed by atoms with Crippen LogP contribution in [-0.4, -0.2) is 183 Å². The molecule has 0 heterocycles. The molecule has 0 saturated carbocycles. The van der Waals surface area contributed by atoms with E-state index in [4.69, 9.17) is 66.3 Å². The number of hydrogen-bond donors (Lipinski definition) is 1. The van der Waals surface area contributed by atoms with Gasteiger partial charge in [-0.15, -0.1) is 0 Å². The first kappa shape index (κ1) is 109. The van der Waals surface area contributed by atoms with Crippen molar-refractivity contribution in [2.24, 2.45) is 11.8 Å². The molecule has 29 heteroatoms. The van der Waals surface area contributed by atoms with E-state index in [0.29, 0.717) is 263 Å². The molecule has 0 rings (SSSR count). The molecule has 1 N–H and O–H groups in total. The Labute approximate surface area is 698 Å². The lowest BCUT2D eigenvalue weighted by Gasteiger charge is -2.14. The largest absolute Gasteiger partial charge is 0.466 e. The second kappa shape index (κ2) is 82.1. The van der Waals surface area contributed by atoms with Crippen LogP contribution in [0.1, 0.15) is 368 Å². The van der Waals surface area contributed by atoms with Gasteiger partial charge in [0.05, 0.1) is 98.4 Å². The lowest BCUT2D eigenvalue weighted by molar-refractivity contribution is -0.148. The number of amides is 1. The SMILES string of the molecule is CCCCC(CC)COC(=O)CCCCCOC(=O)CCCCCOC(=O)CCCCCOC(=O)CCCCCOC(=O)CCCCCOC(=O)CCCCCOC(=O)CCCCCOC(=O)CCCCCOC(=O)CCCCCOC(=O)CCCCCOC(=O)CCCCCOC(=O)CCCCCOC(=O)NCCOC(=O)C(C)CC. The molecule has 0 fully saturated rings. The molecule has 0 radical (unpaired) electrons. The summed E-state index contributed by atoms with van der Waals surface area (Å²) in [6.07, 6.45) is 31.8. The fourth-order valence-corrected chi connectivity index (χ4v) is 11.4. The van der Waals surface area contributed by atoms with Crippen molar-refractivity contribution in [3.63, 3.8) is 0 Å². The number of rotatable bonds is 83. The maximum atomic E-state index is 12.2. The molecular formula is C88H151NO28. The smallest absolute Gasteiger partial charge is 0.407 e. The number of nitrogens with one attached hydrogen (secondary N) is 1. The Kier molecular flexibility index (Phi) is 76.7. The summed E-state index contributed by atoms with van der Waals surface area (Å²) in [5.41, 5.74) is 0. The molecule has 117 heavy (non-hydrogen) atoms. The lowest BCUT2D eigenvalue weighted by atomic mass is 10.0. The number of ether oxygens (including phenoxy) is 14. The van der Waals surface area contributed by atoms with Gasteiger partial charge in [-0.3, -0.25) is 62.3 Å².